The van der Waals surface area contributed by atoms with Crippen LogP contribution in [0.3, 0.4) is 0 Å². The van der Waals surface area contributed by atoms with E-state index in [9.17, 15) is 4.39 Å². The van der Waals surface area contributed by atoms with Gasteiger partial charge in [-0.15, -0.1) is 11.6 Å². The van der Waals surface area contributed by atoms with Gasteiger partial charge in [0.15, 0.2) is 0 Å². The van der Waals surface area contributed by atoms with Crippen molar-refractivity contribution in [3.8, 4) is 0 Å². The second-order valence-electron chi connectivity index (χ2n) is 5.30. The Labute approximate surface area is 122 Å². The Morgan fingerprint density at radius 1 is 1.42 bits per heavy atom. The fraction of sp³-hybridized carbons (Fsp3) is 0.500. The molecule has 0 aliphatic carbocycles. The minimum absolute atomic E-state index is 0.0801. The fourth-order valence-electron chi connectivity index (χ4n) is 2.02. The molecule has 0 radical (unpaired) electrons. The van der Waals surface area contributed by atoms with Gasteiger partial charge in [0, 0.05) is 17.4 Å². The Morgan fingerprint density at radius 3 is 2.68 bits per heavy atom. The Kier molecular flexibility index (Phi) is 4.11. The van der Waals surface area contributed by atoms with Crippen LogP contribution in [-0.2, 0) is 12.4 Å². The molecule has 0 aliphatic rings. The van der Waals surface area contributed by atoms with Gasteiger partial charge in [0.05, 0.1) is 16.9 Å². The minimum atomic E-state index is -0.220. The zero-order valence-electron chi connectivity index (χ0n) is 11.6. The Balaban J connectivity index is 2.60. The quantitative estimate of drug-likeness (QED) is 0.781. The molecule has 0 saturated heterocycles. The highest BCUT2D eigenvalue weighted by molar-refractivity contribution is 7.99. The molecule has 0 spiro atoms. The van der Waals surface area contributed by atoms with Crippen molar-refractivity contribution in [2.24, 2.45) is 0 Å². The number of nitrogens with zero attached hydrogens (tertiary/aromatic N) is 2. The van der Waals surface area contributed by atoms with Gasteiger partial charge < -0.3 is 4.57 Å². The summed E-state index contributed by atoms with van der Waals surface area (Å²) in [5.74, 6) is 0.908. The molecule has 0 atom stereocenters. The summed E-state index contributed by atoms with van der Waals surface area (Å²) >= 11 is 7.77. The third kappa shape index (κ3) is 2.90. The van der Waals surface area contributed by atoms with E-state index in [1.54, 1.807) is 18.7 Å². The summed E-state index contributed by atoms with van der Waals surface area (Å²) in [6.07, 6.45) is 2.09. The van der Waals surface area contributed by atoms with Crippen molar-refractivity contribution in [2.75, 3.05) is 6.26 Å². The molecule has 0 bridgehead atoms. The van der Waals surface area contributed by atoms with E-state index in [-0.39, 0.29) is 10.6 Å². The molecule has 2 aromatic rings. The van der Waals surface area contributed by atoms with Crippen molar-refractivity contribution in [3.05, 3.63) is 29.3 Å². The lowest BCUT2D eigenvalue weighted by molar-refractivity contribution is 0.566. The number of fused-ring (bicyclic) bond motifs is 1. The van der Waals surface area contributed by atoms with Crippen molar-refractivity contribution in [1.29, 1.82) is 0 Å². The van der Waals surface area contributed by atoms with Crippen LogP contribution in [0, 0.1) is 12.7 Å². The molecule has 2 nitrogen and oxygen atoms in total. The van der Waals surface area contributed by atoms with Crippen LogP contribution in [0.2, 0.25) is 0 Å². The zero-order chi connectivity index (χ0) is 14.2. The number of thioether (sulfide) groups is 1. The molecule has 0 fully saturated rings. The first-order valence-electron chi connectivity index (χ1n) is 6.14. The molecule has 0 aliphatic heterocycles. The van der Waals surface area contributed by atoms with E-state index in [4.69, 9.17) is 11.6 Å². The molecular weight excluding hydrogens is 283 g/mol. The maximum absolute atomic E-state index is 13.6. The summed E-state index contributed by atoms with van der Waals surface area (Å²) < 4.78 is 15.8. The fourth-order valence-corrected chi connectivity index (χ4v) is 2.49. The third-order valence-corrected chi connectivity index (χ3v) is 4.79. The van der Waals surface area contributed by atoms with E-state index >= 15 is 0 Å². The summed E-state index contributed by atoms with van der Waals surface area (Å²) in [6, 6.07) is 3.34. The van der Waals surface area contributed by atoms with Gasteiger partial charge in [-0.2, -0.15) is 11.8 Å². The van der Waals surface area contributed by atoms with Crippen LogP contribution in [0.5, 0.6) is 0 Å². The lowest BCUT2D eigenvalue weighted by atomic mass is 10.2. The Bertz CT molecular complexity index is 607. The van der Waals surface area contributed by atoms with Gasteiger partial charge in [-0.1, -0.05) is 0 Å². The Morgan fingerprint density at radius 2 is 2.11 bits per heavy atom. The number of halogens is 2. The molecule has 1 heterocycles. The molecular formula is C14H18ClFN2S. The lowest BCUT2D eigenvalue weighted by Crippen LogP contribution is -2.23. The third-order valence-electron chi connectivity index (χ3n) is 3.32. The second kappa shape index (κ2) is 5.33. The first-order chi connectivity index (χ1) is 8.88. The van der Waals surface area contributed by atoms with Crippen molar-refractivity contribution in [2.45, 2.75) is 37.9 Å². The maximum atomic E-state index is 13.6. The van der Waals surface area contributed by atoms with Crippen molar-refractivity contribution >= 4 is 34.4 Å². The number of aryl methyl sites for hydroxylation is 1. The molecule has 5 heteroatoms. The molecule has 0 saturated carbocycles. The molecule has 0 amide bonds. The summed E-state index contributed by atoms with van der Waals surface area (Å²) in [5.41, 5.74) is 2.27. The van der Waals surface area contributed by atoms with Gasteiger partial charge in [-0.3, -0.25) is 0 Å². The second-order valence-corrected chi connectivity index (χ2v) is 7.08. The number of hydrogen-bond donors (Lipinski definition) is 0. The van der Waals surface area contributed by atoms with Crippen LogP contribution in [0.15, 0.2) is 12.1 Å². The van der Waals surface area contributed by atoms with Crippen LogP contribution in [-0.4, -0.2) is 20.6 Å². The largest absolute Gasteiger partial charge is 0.326 e. The topological polar surface area (TPSA) is 17.8 Å². The van der Waals surface area contributed by atoms with Crippen LogP contribution in [0.4, 0.5) is 4.39 Å². The number of benzene rings is 1. The lowest BCUT2D eigenvalue weighted by Gasteiger charge is -2.24. The molecule has 19 heavy (non-hydrogen) atoms. The molecule has 2 rings (SSSR count). The molecule has 0 unspecified atom stereocenters. The van der Waals surface area contributed by atoms with Gasteiger partial charge in [-0.25, -0.2) is 9.37 Å². The van der Waals surface area contributed by atoms with E-state index in [1.807, 2.05) is 6.07 Å². The first-order valence-corrected chi connectivity index (χ1v) is 7.90. The van der Waals surface area contributed by atoms with E-state index < -0.39 is 0 Å². The zero-order valence-corrected chi connectivity index (χ0v) is 13.2. The van der Waals surface area contributed by atoms with Crippen molar-refractivity contribution in [1.82, 2.24) is 9.55 Å². The van der Waals surface area contributed by atoms with E-state index in [2.05, 4.69) is 29.7 Å². The molecule has 1 aromatic carbocycles. The monoisotopic (exact) mass is 300 g/mol. The standard InChI is InChI=1S/C14H18ClFN2S/c1-9-5-12-11(6-10(9)16)17-13(7-15)18(12)8-14(2,3)19-4/h5-6H,7-8H2,1-4H3. The summed E-state index contributed by atoms with van der Waals surface area (Å²) in [4.78, 5) is 4.43. The van der Waals surface area contributed by atoms with Gasteiger partial charge in [0.25, 0.3) is 0 Å². The van der Waals surface area contributed by atoms with Gasteiger partial charge >= 0.3 is 0 Å². The maximum Gasteiger partial charge on any atom is 0.128 e. The SMILES string of the molecule is CSC(C)(C)Cn1c(CCl)nc2cc(F)c(C)cc21. The number of aromatic nitrogens is 2. The van der Waals surface area contributed by atoms with E-state index in [1.165, 1.54) is 6.07 Å². The molecule has 104 valence electrons. The number of rotatable bonds is 4. The number of alkyl halides is 1. The van der Waals surface area contributed by atoms with E-state index in [0.29, 0.717) is 17.0 Å². The first kappa shape index (κ1) is 14.7. The summed E-state index contributed by atoms with van der Waals surface area (Å²) in [6.45, 7) is 6.93. The van der Waals surface area contributed by atoms with Crippen LogP contribution in [0.25, 0.3) is 11.0 Å². The molecule has 0 N–H and O–H groups in total. The van der Waals surface area contributed by atoms with Crippen molar-refractivity contribution in [3.63, 3.8) is 0 Å². The summed E-state index contributed by atoms with van der Waals surface area (Å²) in [7, 11) is 0. The highest BCUT2D eigenvalue weighted by Gasteiger charge is 2.21. The van der Waals surface area contributed by atoms with Crippen LogP contribution < -0.4 is 0 Å². The number of hydrogen-bond acceptors (Lipinski definition) is 2. The summed E-state index contributed by atoms with van der Waals surface area (Å²) in [5, 5.41) is 0. The smallest absolute Gasteiger partial charge is 0.128 e. The van der Waals surface area contributed by atoms with Gasteiger partial charge in [-0.05, 0) is 38.7 Å². The number of imidazole rings is 1. The van der Waals surface area contributed by atoms with Crippen molar-refractivity contribution < 1.29 is 4.39 Å². The highest BCUT2D eigenvalue weighted by atomic mass is 35.5. The highest BCUT2D eigenvalue weighted by Crippen LogP contribution is 2.28. The van der Waals surface area contributed by atoms with Gasteiger partial charge in [0.2, 0.25) is 0 Å². The van der Waals surface area contributed by atoms with Gasteiger partial charge in [0.1, 0.15) is 11.6 Å². The average Bonchev–Trinajstić information content (AvgIpc) is 2.67. The Hall–Kier alpha value is -0.740. The van der Waals surface area contributed by atoms with Crippen LogP contribution in [0.1, 0.15) is 25.2 Å². The normalized spacial score (nSPS) is 12.3. The average molecular weight is 301 g/mol. The minimum Gasteiger partial charge on any atom is -0.326 e. The molecule has 1 aromatic heterocycles. The predicted molar refractivity (Wildman–Crippen MR) is 81.6 cm³/mol. The van der Waals surface area contributed by atoms with E-state index in [0.717, 1.165) is 17.9 Å². The predicted octanol–water partition coefficient (Wildman–Crippen LogP) is 4.36. The van der Waals surface area contributed by atoms with Crippen LogP contribution >= 0.6 is 23.4 Å².